The monoisotopic (exact) mass is 384 g/mol. The molecular formula is C16H14Cl2N2O3S. The third-order valence-corrected chi connectivity index (χ3v) is 5.03. The fraction of sp³-hybridized carbons (Fsp3) is 0.0625. The minimum atomic E-state index is -3.63. The molecular weight excluding hydrogens is 371 g/mol. The lowest BCUT2D eigenvalue weighted by molar-refractivity contribution is 0.102. The number of rotatable bonds is 6. The van der Waals surface area contributed by atoms with Crippen molar-refractivity contribution >= 4 is 44.8 Å². The molecule has 0 fully saturated rings. The van der Waals surface area contributed by atoms with Gasteiger partial charge in [-0.3, -0.25) is 4.79 Å². The maximum atomic E-state index is 12.2. The summed E-state index contributed by atoms with van der Waals surface area (Å²) in [6, 6.07) is 10.2. The first-order valence-electron chi connectivity index (χ1n) is 6.80. The molecule has 0 heterocycles. The summed E-state index contributed by atoms with van der Waals surface area (Å²) < 4.78 is 26.3. The zero-order valence-electron chi connectivity index (χ0n) is 12.4. The van der Waals surface area contributed by atoms with Crippen LogP contribution in [0.5, 0.6) is 0 Å². The van der Waals surface area contributed by atoms with Crippen LogP contribution in [0.15, 0.2) is 60.0 Å². The number of carbonyl (C=O) groups excluding carboxylic acids is 1. The maximum absolute atomic E-state index is 12.2. The molecule has 0 aliphatic rings. The number of nitrogens with one attached hydrogen (secondary N) is 2. The van der Waals surface area contributed by atoms with Crippen LogP contribution in [0.2, 0.25) is 10.0 Å². The first-order valence-corrected chi connectivity index (χ1v) is 9.04. The molecule has 0 atom stereocenters. The van der Waals surface area contributed by atoms with Crippen molar-refractivity contribution in [2.75, 3.05) is 11.9 Å². The molecule has 8 heteroatoms. The smallest absolute Gasteiger partial charge is 0.255 e. The summed E-state index contributed by atoms with van der Waals surface area (Å²) in [6.45, 7) is 3.57. The van der Waals surface area contributed by atoms with E-state index in [0.717, 1.165) is 0 Å². The van der Waals surface area contributed by atoms with E-state index in [-0.39, 0.29) is 17.0 Å². The lowest BCUT2D eigenvalue weighted by Gasteiger charge is -2.09. The lowest BCUT2D eigenvalue weighted by Crippen LogP contribution is -2.23. The van der Waals surface area contributed by atoms with Crippen LogP contribution >= 0.6 is 23.2 Å². The molecule has 0 saturated carbocycles. The molecule has 0 aromatic heterocycles. The normalized spacial score (nSPS) is 11.1. The van der Waals surface area contributed by atoms with Crippen LogP contribution in [0.4, 0.5) is 5.69 Å². The molecule has 2 aromatic carbocycles. The number of benzene rings is 2. The van der Waals surface area contributed by atoms with Crippen LogP contribution in [0.3, 0.4) is 0 Å². The Morgan fingerprint density at radius 2 is 1.79 bits per heavy atom. The molecule has 5 nitrogen and oxygen atoms in total. The van der Waals surface area contributed by atoms with Crippen LogP contribution in [0.25, 0.3) is 0 Å². The molecule has 2 aromatic rings. The number of anilines is 1. The van der Waals surface area contributed by atoms with Crippen molar-refractivity contribution in [2.24, 2.45) is 0 Å². The fourth-order valence-electron chi connectivity index (χ4n) is 1.83. The number of sulfonamides is 1. The predicted octanol–water partition coefficient (Wildman–Crippen LogP) is 3.71. The third-order valence-electron chi connectivity index (χ3n) is 3.02. The van der Waals surface area contributed by atoms with E-state index in [2.05, 4.69) is 16.6 Å². The minimum absolute atomic E-state index is 0.0571. The van der Waals surface area contributed by atoms with Gasteiger partial charge in [-0.15, -0.1) is 6.58 Å². The van der Waals surface area contributed by atoms with Gasteiger partial charge in [0, 0.05) is 17.1 Å². The van der Waals surface area contributed by atoms with Crippen LogP contribution in [-0.4, -0.2) is 20.9 Å². The first kappa shape index (κ1) is 18.5. The second-order valence-corrected chi connectivity index (χ2v) is 7.35. The highest BCUT2D eigenvalue weighted by molar-refractivity contribution is 7.89. The Hall–Kier alpha value is -1.86. The average Bonchev–Trinajstić information content (AvgIpc) is 2.56. The van der Waals surface area contributed by atoms with E-state index in [9.17, 15) is 13.2 Å². The van der Waals surface area contributed by atoms with E-state index in [1.807, 2.05) is 0 Å². The highest BCUT2D eigenvalue weighted by Gasteiger charge is 2.14. The Morgan fingerprint density at radius 1 is 1.12 bits per heavy atom. The van der Waals surface area contributed by atoms with E-state index in [1.54, 1.807) is 12.1 Å². The Morgan fingerprint density at radius 3 is 2.42 bits per heavy atom. The van der Waals surface area contributed by atoms with Crippen LogP contribution < -0.4 is 10.0 Å². The third kappa shape index (κ3) is 4.58. The Balaban J connectivity index is 2.17. The number of hydrogen-bond donors (Lipinski definition) is 2. The van der Waals surface area contributed by atoms with Crippen LogP contribution in [-0.2, 0) is 10.0 Å². The van der Waals surface area contributed by atoms with E-state index >= 15 is 0 Å². The van der Waals surface area contributed by atoms with Gasteiger partial charge in [0.2, 0.25) is 10.0 Å². The van der Waals surface area contributed by atoms with Gasteiger partial charge in [0.05, 0.1) is 15.6 Å². The molecule has 0 saturated heterocycles. The van der Waals surface area contributed by atoms with Crippen molar-refractivity contribution in [3.63, 3.8) is 0 Å². The van der Waals surface area contributed by atoms with Gasteiger partial charge in [-0.2, -0.15) is 0 Å². The quantitative estimate of drug-likeness (QED) is 0.745. The van der Waals surface area contributed by atoms with Gasteiger partial charge in [-0.25, -0.2) is 13.1 Å². The number of halogens is 2. The van der Waals surface area contributed by atoms with Gasteiger partial charge in [0.1, 0.15) is 0 Å². The Bertz CT molecular complexity index is 865. The van der Waals surface area contributed by atoms with Gasteiger partial charge in [0.15, 0.2) is 0 Å². The summed E-state index contributed by atoms with van der Waals surface area (Å²) >= 11 is 11.9. The van der Waals surface area contributed by atoms with Crippen molar-refractivity contribution in [3.8, 4) is 0 Å². The number of amides is 1. The summed E-state index contributed by atoms with van der Waals surface area (Å²) in [4.78, 5) is 12.3. The summed E-state index contributed by atoms with van der Waals surface area (Å²) in [6.07, 6.45) is 1.44. The first-order chi connectivity index (χ1) is 11.3. The highest BCUT2D eigenvalue weighted by Crippen LogP contribution is 2.26. The summed E-state index contributed by atoms with van der Waals surface area (Å²) in [5.74, 6) is -0.429. The number of carbonyl (C=O) groups is 1. The molecule has 2 rings (SSSR count). The molecule has 0 spiro atoms. The summed E-state index contributed by atoms with van der Waals surface area (Å²) in [7, 11) is -3.63. The largest absolute Gasteiger partial charge is 0.321 e. The van der Waals surface area contributed by atoms with Crippen molar-refractivity contribution in [1.82, 2.24) is 4.72 Å². The molecule has 24 heavy (non-hydrogen) atoms. The summed E-state index contributed by atoms with van der Waals surface area (Å²) in [5.41, 5.74) is 0.659. The Kier molecular flexibility index (Phi) is 6.01. The minimum Gasteiger partial charge on any atom is -0.321 e. The number of hydrogen-bond acceptors (Lipinski definition) is 3. The standard InChI is InChI=1S/C16H14Cl2N2O3S/c1-2-9-19-24(22,23)13-6-3-11(4-7-13)16(21)20-15-10-12(17)5-8-14(15)18/h2-8,10,19H,1,9H2,(H,20,21). The molecule has 2 N–H and O–H groups in total. The van der Waals surface area contributed by atoms with Gasteiger partial charge < -0.3 is 5.32 Å². The molecule has 0 bridgehead atoms. The van der Waals surface area contributed by atoms with Gasteiger partial charge >= 0.3 is 0 Å². The molecule has 0 aliphatic carbocycles. The van der Waals surface area contributed by atoms with E-state index in [0.29, 0.717) is 15.7 Å². The van der Waals surface area contributed by atoms with Crippen molar-refractivity contribution < 1.29 is 13.2 Å². The van der Waals surface area contributed by atoms with E-state index in [4.69, 9.17) is 23.2 Å². The highest BCUT2D eigenvalue weighted by atomic mass is 35.5. The van der Waals surface area contributed by atoms with Gasteiger partial charge in [0.25, 0.3) is 5.91 Å². The van der Waals surface area contributed by atoms with E-state index < -0.39 is 15.9 Å². The molecule has 0 aliphatic heterocycles. The van der Waals surface area contributed by atoms with Crippen molar-refractivity contribution in [3.05, 3.63) is 70.7 Å². The van der Waals surface area contributed by atoms with Crippen LogP contribution in [0.1, 0.15) is 10.4 Å². The zero-order valence-corrected chi connectivity index (χ0v) is 14.8. The predicted molar refractivity (Wildman–Crippen MR) is 96.2 cm³/mol. The fourth-order valence-corrected chi connectivity index (χ4v) is 3.16. The van der Waals surface area contributed by atoms with E-state index in [1.165, 1.54) is 36.4 Å². The van der Waals surface area contributed by atoms with Crippen molar-refractivity contribution in [1.29, 1.82) is 0 Å². The molecule has 0 radical (unpaired) electrons. The zero-order chi connectivity index (χ0) is 17.7. The average molecular weight is 385 g/mol. The lowest BCUT2D eigenvalue weighted by atomic mass is 10.2. The second-order valence-electron chi connectivity index (χ2n) is 4.74. The topological polar surface area (TPSA) is 75.3 Å². The maximum Gasteiger partial charge on any atom is 0.255 e. The SMILES string of the molecule is C=CCNS(=O)(=O)c1ccc(C(=O)Nc2cc(Cl)ccc2Cl)cc1. The van der Waals surface area contributed by atoms with Crippen LogP contribution in [0, 0.1) is 0 Å². The molecule has 1 amide bonds. The second kappa shape index (κ2) is 7.81. The molecule has 126 valence electrons. The Labute approximate surface area is 150 Å². The van der Waals surface area contributed by atoms with Gasteiger partial charge in [-0.1, -0.05) is 29.3 Å². The van der Waals surface area contributed by atoms with Crippen molar-refractivity contribution in [2.45, 2.75) is 4.90 Å². The summed E-state index contributed by atoms with van der Waals surface area (Å²) in [5, 5.41) is 3.41. The van der Waals surface area contributed by atoms with Gasteiger partial charge in [-0.05, 0) is 42.5 Å². The molecule has 0 unspecified atom stereocenters.